The van der Waals surface area contributed by atoms with Gasteiger partial charge in [0.05, 0.1) is 6.61 Å². The maximum absolute atomic E-state index is 8.99. The molecule has 1 unspecified atom stereocenters. The van der Waals surface area contributed by atoms with Gasteiger partial charge in [-0.05, 0) is 19.8 Å². The number of hydrogen-bond donors (Lipinski definition) is 2. The van der Waals surface area contributed by atoms with Crippen molar-refractivity contribution < 1.29 is 5.11 Å². The molecule has 1 aromatic heterocycles. The molecule has 0 saturated heterocycles. The Morgan fingerprint density at radius 2 is 2.31 bits per heavy atom. The molecule has 0 saturated carbocycles. The molecule has 0 aliphatic rings. The van der Waals surface area contributed by atoms with E-state index in [1.807, 2.05) is 14.0 Å². The third-order valence-corrected chi connectivity index (χ3v) is 3.53. The van der Waals surface area contributed by atoms with Crippen molar-refractivity contribution in [3.63, 3.8) is 0 Å². The second-order valence-electron chi connectivity index (χ2n) is 4.28. The van der Waals surface area contributed by atoms with Crippen LogP contribution in [-0.2, 0) is 7.05 Å². The molecule has 0 aliphatic carbocycles. The van der Waals surface area contributed by atoms with E-state index in [1.165, 1.54) is 0 Å². The number of aryl methyl sites for hydroxylation is 1. The molecule has 1 aromatic rings. The first-order valence-corrected chi connectivity index (χ1v) is 6.40. The molecule has 3 N–H and O–H groups in total. The highest BCUT2D eigenvalue weighted by molar-refractivity contribution is 7.99. The van der Waals surface area contributed by atoms with Crippen LogP contribution in [0.25, 0.3) is 0 Å². The normalized spacial score (nSPS) is 15.0. The smallest absolute Gasteiger partial charge is 0.185 e. The van der Waals surface area contributed by atoms with Crippen LogP contribution in [0, 0.1) is 0 Å². The van der Waals surface area contributed by atoms with Crippen molar-refractivity contribution in [3.8, 4) is 0 Å². The highest BCUT2D eigenvalue weighted by Crippen LogP contribution is 2.17. The quantitative estimate of drug-likeness (QED) is 0.548. The number of nitrogens with two attached hydrogens (primary N) is 1. The van der Waals surface area contributed by atoms with Crippen LogP contribution in [0.15, 0.2) is 11.5 Å². The van der Waals surface area contributed by atoms with Crippen LogP contribution in [0.2, 0.25) is 0 Å². The first kappa shape index (κ1) is 13.5. The maximum atomic E-state index is 8.99. The molecule has 0 spiro atoms. The standard InChI is InChI=1S/C10H20N4OS/c1-10(11,7-15)5-3-4-6-16-9-12-8-13-14(9)2/h8,15H,3-7,11H2,1-2H3. The minimum atomic E-state index is -0.435. The van der Waals surface area contributed by atoms with Gasteiger partial charge in [-0.2, -0.15) is 5.10 Å². The van der Waals surface area contributed by atoms with E-state index in [2.05, 4.69) is 10.1 Å². The van der Waals surface area contributed by atoms with Gasteiger partial charge in [0.2, 0.25) is 0 Å². The van der Waals surface area contributed by atoms with Crippen LogP contribution >= 0.6 is 11.8 Å². The van der Waals surface area contributed by atoms with Crippen molar-refractivity contribution in [2.45, 2.75) is 36.9 Å². The molecule has 5 nitrogen and oxygen atoms in total. The SMILES string of the molecule is Cn1ncnc1SCCCCC(C)(N)CO. The number of thioether (sulfide) groups is 1. The second kappa shape index (κ2) is 6.22. The first-order valence-electron chi connectivity index (χ1n) is 5.42. The van der Waals surface area contributed by atoms with E-state index in [-0.39, 0.29) is 6.61 Å². The van der Waals surface area contributed by atoms with E-state index in [0.717, 1.165) is 30.2 Å². The van der Waals surface area contributed by atoms with E-state index in [4.69, 9.17) is 10.8 Å². The Kier molecular flexibility index (Phi) is 5.24. The molecule has 6 heteroatoms. The van der Waals surface area contributed by atoms with Gasteiger partial charge in [-0.3, -0.25) is 0 Å². The summed E-state index contributed by atoms with van der Waals surface area (Å²) in [6.07, 6.45) is 4.51. The highest BCUT2D eigenvalue weighted by Gasteiger charge is 2.15. The molecule has 0 amide bonds. The molecule has 16 heavy (non-hydrogen) atoms. The van der Waals surface area contributed by atoms with Crippen LogP contribution in [0.1, 0.15) is 26.2 Å². The fourth-order valence-corrected chi connectivity index (χ4v) is 2.18. The summed E-state index contributed by atoms with van der Waals surface area (Å²) in [7, 11) is 1.89. The van der Waals surface area contributed by atoms with Gasteiger partial charge < -0.3 is 10.8 Å². The lowest BCUT2D eigenvalue weighted by atomic mass is 9.98. The van der Waals surface area contributed by atoms with Gasteiger partial charge in [0.15, 0.2) is 5.16 Å². The molecular weight excluding hydrogens is 224 g/mol. The summed E-state index contributed by atoms with van der Waals surface area (Å²) in [6.45, 7) is 1.92. The summed E-state index contributed by atoms with van der Waals surface area (Å²) < 4.78 is 1.77. The molecule has 1 rings (SSSR count). The van der Waals surface area contributed by atoms with E-state index < -0.39 is 5.54 Å². The maximum Gasteiger partial charge on any atom is 0.185 e. The Balaban J connectivity index is 2.11. The molecule has 0 aromatic carbocycles. The van der Waals surface area contributed by atoms with Crippen molar-refractivity contribution >= 4 is 11.8 Å². The number of aliphatic hydroxyl groups excluding tert-OH is 1. The average molecular weight is 244 g/mol. The lowest BCUT2D eigenvalue weighted by Crippen LogP contribution is -2.39. The molecule has 0 bridgehead atoms. The van der Waals surface area contributed by atoms with Crippen LogP contribution < -0.4 is 5.73 Å². The van der Waals surface area contributed by atoms with Gasteiger partial charge >= 0.3 is 0 Å². The van der Waals surface area contributed by atoms with Gasteiger partial charge in [0.25, 0.3) is 0 Å². The predicted octanol–water partition coefficient (Wildman–Crippen LogP) is 0.787. The number of unbranched alkanes of at least 4 members (excludes halogenated alkanes) is 1. The van der Waals surface area contributed by atoms with E-state index in [0.29, 0.717) is 0 Å². The summed E-state index contributed by atoms with van der Waals surface area (Å²) in [6, 6.07) is 0. The van der Waals surface area contributed by atoms with Crippen molar-refractivity contribution in [2.24, 2.45) is 12.8 Å². The zero-order chi connectivity index (χ0) is 12.0. The fourth-order valence-electron chi connectivity index (χ4n) is 1.29. The Morgan fingerprint density at radius 3 is 2.88 bits per heavy atom. The average Bonchev–Trinajstić information content (AvgIpc) is 2.64. The van der Waals surface area contributed by atoms with E-state index in [9.17, 15) is 0 Å². The fraction of sp³-hybridized carbons (Fsp3) is 0.800. The zero-order valence-electron chi connectivity index (χ0n) is 9.89. The zero-order valence-corrected chi connectivity index (χ0v) is 10.7. The third kappa shape index (κ3) is 4.51. The summed E-state index contributed by atoms with van der Waals surface area (Å²) in [4.78, 5) is 4.13. The van der Waals surface area contributed by atoms with Crippen LogP contribution in [0.4, 0.5) is 0 Å². The second-order valence-corrected chi connectivity index (χ2v) is 5.35. The topological polar surface area (TPSA) is 77.0 Å². The number of nitrogens with zero attached hydrogens (tertiary/aromatic N) is 3. The summed E-state index contributed by atoms with van der Waals surface area (Å²) in [5.41, 5.74) is 5.40. The molecular formula is C10H20N4OS. The van der Waals surface area contributed by atoms with Gasteiger partial charge in [0, 0.05) is 18.3 Å². The summed E-state index contributed by atoms with van der Waals surface area (Å²) in [5.74, 6) is 1.01. The summed E-state index contributed by atoms with van der Waals surface area (Å²) in [5, 5.41) is 13.9. The Bertz CT molecular complexity index is 314. The predicted molar refractivity (Wildman–Crippen MR) is 65.3 cm³/mol. The lowest BCUT2D eigenvalue weighted by Gasteiger charge is -2.21. The van der Waals surface area contributed by atoms with Crippen molar-refractivity contribution in [1.29, 1.82) is 0 Å². The minimum Gasteiger partial charge on any atom is -0.394 e. The highest BCUT2D eigenvalue weighted by atomic mass is 32.2. The largest absolute Gasteiger partial charge is 0.394 e. The van der Waals surface area contributed by atoms with Gasteiger partial charge in [0.1, 0.15) is 6.33 Å². The van der Waals surface area contributed by atoms with Gasteiger partial charge in [-0.25, -0.2) is 9.67 Å². The molecule has 0 aliphatic heterocycles. The van der Waals surface area contributed by atoms with E-state index >= 15 is 0 Å². The van der Waals surface area contributed by atoms with E-state index in [1.54, 1.807) is 22.8 Å². The number of aliphatic hydroxyl groups is 1. The van der Waals surface area contributed by atoms with Crippen molar-refractivity contribution in [2.75, 3.05) is 12.4 Å². The molecule has 0 radical (unpaired) electrons. The molecule has 1 atom stereocenters. The van der Waals surface area contributed by atoms with Crippen LogP contribution in [-0.4, -0.2) is 37.8 Å². The molecule has 92 valence electrons. The summed E-state index contributed by atoms with van der Waals surface area (Å²) >= 11 is 1.70. The monoisotopic (exact) mass is 244 g/mol. The number of aromatic nitrogens is 3. The Labute approximate surface area is 100 Å². The van der Waals surface area contributed by atoms with Crippen molar-refractivity contribution in [1.82, 2.24) is 14.8 Å². The van der Waals surface area contributed by atoms with Crippen molar-refractivity contribution in [3.05, 3.63) is 6.33 Å². The third-order valence-electron chi connectivity index (χ3n) is 2.40. The number of hydrogen-bond acceptors (Lipinski definition) is 5. The van der Waals surface area contributed by atoms with Gasteiger partial charge in [-0.1, -0.05) is 18.2 Å². The lowest BCUT2D eigenvalue weighted by molar-refractivity contribution is 0.198. The Hall–Kier alpha value is -0.590. The van der Waals surface area contributed by atoms with Crippen LogP contribution in [0.3, 0.4) is 0 Å². The van der Waals surface area contributed by atoms with Crippen LogP contribution in [0.5, 0.6) is 0 Å². The number of rotatable bonds is 7. The van der Waals surface area contributed by atoms with Gasteiger partial charge in [-0.15, -0.1) is 0 Å². The first-order chi connectivity index (χ1) is 7.55. The minimum absolute atomic E-state index is 0.0451. The Morgan fingerprint density at radius 1 is 1.56 bits per heavy atom. The molecule has 0 fully saturated rings. The molecule has 1 heterocycles.